The number of carbonyl (C=O) groups excluding carboxylic acids is 1. The fraction of sp³-hybridized carbons (Fsp3) is 0.421. The lowest BCUT2D eigenvalue weighted by atomic mass is 10.0. The molecule has 0 unspecified atom stereocenters. The van der Waals surface area contributed by atoms with Gasteiger partial charge < -0.3 is 14.8 Å². The Kier molecular flexibility index (Phi) is 6.34. The molecule has 25 heavy (non-hydrogen) atoms. The zero-order valence-corrected chi connectivity index (χ0v) is 14.2. The second kappa shape index (κ2) is 9.13. The van der Waals surface area contributed by atoms with Gasteiger partial charge in [-0.15, -0.1) is 0 Å². The zero-order valence-electron chi connectivity index (χ0n) is 14.2. The maximum absolute atomic E-state index is 12.0. The van der Waals surface area contributed by atoms with Crippen molar-refractivity contribution in [1.82, 2.24) is 9.97 Å². The Morgan fingerprint density at radius 1 is 1.20 bits per heavy atom. The number of hydrogen-bond acceptors (Lipinski definition) is 5. The van der Waals surface area contributed by atoms with E-state index in [0.717, 1.165) is 43.2 Å². The largest absolute Gasteiger partial charge is 0.493 e. The van der Waals surface area contributed by atoms with E-state index in [1.165, 1.54) is 6.33 Å². The maximum Gasteiger partial charge on any atom is 0.224 e. The normalized spacial score (nSPS) is 14.9. The molecule has 0 spiro atoms. The number of aromatic nitrogens is 2. The lowest BCUT2D eigenvalue weighted by Crippen LogP contribution is -2.21. The van der Waals surface area contributed by atoms with E-state index in [-0.39, 0.29) is 5.91 Å². The van der Waals surface area contributed by atoms with E-state index in [4.69, 9.17) is 9.47 Å². The minimum absolute atomic E-state index is 0.0329. The molecule has 0 atom stereocenters. The molecule has 1 N–H and O–H groups in total. The number of ether oxygens (including phenoxy) is 2. The molecule has 0 aliphatic carbocycles. The van der Waals surface area contributed by atoms with Gasteiger partial charge in [0, 0.05) is 37.2 Å². The molecule has 0 bridgehead atoms. The summed E-state index contributed by atoms with van der Waals surface area (Å²) in [4.78, 5) is 20.0. The smallest absolute Gasteiger partial charge is 0.224 e. The number of nitrogens with one attached hydrogen (secondary N) is 1. The molecule has 0 saturated carbocycles. The summed E-state index contributed by atoms with van der Waals surface area (Å²) in [5, 5.41) is 2.89. The van der Waals surface area contributed by atoms with Gasteiger partial charge in [-0.05, 0) is 55.5 Å². The Morgan fingerprint density at radius 3 is 2.72 bits per heavy atom. The Bertz CT molecular complexity index is 655. The molecular weight excluding hydrogens is 318 g/mol. The third-order valence-corrected chi connectivity index (χ3v) is 4.22. The van der Waals surface area contributed by atoms with Crippen LogP contribution in [-0.2, 0) is 16.0 Å². The number of hydrogen-bond donors (Lipinski definition) is 1. The molecule has 1 aliphatic heterocycles. The third-order valence-electron chi connectivity index (χ3n) is 4.22. The third kappa shape index (κ3) is 5.83. The molecule has 1 fully saturated rings. The van der Waals surface area contributed by atoms with Crippen LogP contribution in [0.4, 0.5) is 5.69 Å². The predicted molar refractivity (Wildman–Crippen MR) is 94.5 cm³/mol. The van der Waals surface area contributed by atoms with Crippen LogP contribution in [0.15, 0.2) is 42.9 Å². The summed E-state index contributed by atoms with van der Waals surface area (Å²) in [6.45, 7) is 2.37. The standard InChI is InChI=1S/C19H23N3O3/c23-19(6-3-16-7-10-20-14-21-16)22-17-1-4-18(5-2-17)25-13-15-8-11-24-12-9-15/h1-2,4-5,7,10,14-15H,3,6,8-9,11-13H2,(H,22,23). The highest BCUT2D eigenvalue weighted by molar-refractivity contribution is 5.90. The van der Waals surface area contributed by atoms with Crippen LogP contribution in [0.3, 0.4) is 0 Å². The van der Waals surface area contributed by atoms with Crippen molar-refractivity contribution in [2.24, 2.45) is 5.92 Å². The fourth-order valence-corrected chi connectivity index (χ4v) is 2.69. The highest BCUT2D eigenvalue weighted by Gasteiger charge is 2.14. The van der Waals surface area contributed by atoms with Gasteiger partial charge in [0.1, 0.15) is 12.1 Å². The molecule has 1 aliphatic rings. The molecule has 1 amide bonds. The van der Waals surface area contributed by atoms with Crippen molar-refractivity contribution in [3.63, 3.8) is 0 Å². The van der Waals surface area contributed by atoms with Crippen molar-refractivity contribution in [2.75, 3.05) is 25.1 Å². The fourth-order valence-electron chi connectivity index (χ4n) is 2.69. The van der Waals surface area contributed by atoms with Crippen molar-refractivity contribution in [3.8, 4) is 5.75 Å². The Morgan fingerprint density at radius 2 is 2.00 bits per heavy atom. The van der Waals surface area contributed by atoms with E-state index in [9.17, 15) is 4.79 Å². The van der Waals surface area contributed by atoms with Crippen LogP contribution in [0.1, 0.15) is 25.0 Å². The van der Waals surface area contributed by atoms with Crippen molar-refractivity contribution in [2.45, 2.75) is 25.7 Å². The second-order valence-electron chi connectivity index (χ2n) is 6.14. The molecule has 2 heterocycles. The number of rotatable bonds is 7. The summed E-state index contributed by atoms with van der Waals surface area (Å²) in [5.41, 5.74) is 1.63. The molecule has 3 rings (SSSR count). The van der Waals surface area contributed by atoms with Crippen LogP contribution in [0.5, 0.6) is 5.75 Å². The van der Waals surface area contributed by atoms with Gasteiger partial charge in [0.05, 0.1) is 6.61 Å². The minimum atomic E-state index is -0.0329. The summed E-state index contributed by atoms with van der Waals surface area (Å²) in [5.74, 6) is 1.36. The van der Waals surface area contributed by atoms with Gasteiger partial charge in [0.25, 0.3) is 0 Å². The first-order valence-corrected chi connectivity index (χ1v) is 8.65. The van der Waals surface area contributed by atoms with Crippen LogP contribution in [-0.4, -0.2) is 35.7 Å². The van der Waals surface area contributed by atoms with E-state index < -0.39 is 0 Å². The first kappa shape index (κ1) is 17.4. The van der Waals surface area contributed by atoms with Gasteiger partial charge in [0.15, 0.2) is 0 Å². The maximum atomic E-state index is 12.0. The van der Waals surface area contributed by atoms with Gasteiger partial charge in [-0.2, -0.15) is 0 Å². The monoisotopic (exact) mass is 341 g/mol. The SMILES string of the molecule is O=C(CCc1ccncn1)Nc1ccc(OCC2CCOCC2)cc1. The Labute approximate surface area is 147 Å². The van der Waals surface area contributed by atoms with Gasteiger partial charge in [-0.3, -0.25) is 4.79 Å². The van der Waals surface area contributed by atoms with Crippen LogP contribution in [0.2, 0.25) is 0 Å². The molecule has 0 radical (unpaired) electrons. The minimum Gasteiger partial charge on any atom is -0.493 e. The molecule has 1 aromatic heterocycles. The first-order chi connectivity index (χ1) is 12.3. The topological polar surface area (TPSA) is 73.3 Å². The van der Waals surface area contributed by atoms with Crippen LogP contribution >= 0.6 is 0 Å². The van der Waals surface area contributed by atoms with Crippen molar-refractivity contribution in [3.05, 3.63) is 48.5 Å². The number of carbonyl (C=O) groups is 1. The molecule has 2 aromatic rings. The molecular formula is C19H23N3O3. The van der Waals surface area contributed by atoms with Crippen molar-refractivity contribution < 1.29 is 14.3 Å². The number of amides is 1. The lowest BCUT2D eigenvalue weighted by molar-refractivity contribution is -0.116. The Hall–Kier alpha value is -2.47. The molecule has 132 valence electrons. The second-order valence-corrected chi connectivity index (χ2v) is 6.14. The summed E-state index contributed by atoms with van der Waals surface area (Å²) in [6, 6.07) is 9.32. The average molecular weight is 341 g/mol. The van der Waals surface area contributed by atoms with Gasteiger partial charge in [-0.25, -0.2) is 9.97 Å². The number of benzene rings is 1. The number of anilines is 1. The van der Waals surface area contributed by atoms with Crippen molar-refractivity contribution >= 4 is 11.6 Å². The van der Waals surface area contributed by atoms with Crippen LogP contribution in [0.25, 0.3) is 0 Å². The molecule has 1 aromatic carbocycles. The molecule has 1 saturated heterocycles. The quantitative estimate of drug-likeness (QED) is 0.838. The van der Waals surface area contributed by atoms with Gasteiger partial charge in [-0.1, -0.05) is 0 Å². The summed E-state index contributed by atoms with van der Waals surface area (Å²) in [6.07, 6.45) is 6.27. The van der Waals surface area contributed by atoms with E-state index in [2.05, 4.69) is 15.3 Å². The van der Waals surface area contributed by atoms with E-state index in [1.807, 2.05) is 30.3 Å². The van der Waals surface area contributed by atoms with Gasteiger partial charge in [0.2, 0.25) is 5.91 Å². The van der Waals surface area contributed by atoms with Crippen LogP contribution in [0, 0.1) is 5.92 Å². The predicted octanol–water partition coefficient (Wildman–Crippen LogP) is 2.85. The number of nitrogens with zero attached hydrogens (tertiary/aromatic N) is 2. The summed E-state index contributed by atoms with van der Waals surface area (Å²) < 4.78 is 11.2. The average Bonchev–Trinajstić information content (AvgIpc) is 2.67. The summed E-state index contributed by atoms with van der Waals surface area (Å²) >= 11 is 0. The van der Waals surface area contributed by atoms with E-state index in [1.54, 1.807) is 6.20 Å². The highest BCUT2D eigenvalue weighted by atomic mass is 16.5. The zero-order chi connectivity index (χ0) is 17.3. The number of aryl methyl sites for hydroxylation is 1. The van der Waals surface area contributed by atoms with Crippen LogP contribution < -0.4 is 10.1 Å². The Balaban J connectivity index is 1.41. The lowest BCUT2D eigenvalue weighted by Gasteiger charge is -2.22. The van der Waals surface area contributed by atoms with Crippen molar-refractivity contribution in [1.29, 1.82) is 0 Å². The van der Waals surface area contributed by atoms with E-state index >= 15 is 0 Å². The van der Waals surface area contributed by atoms with E-state index in [0.29, 0.717) is 25.4 Å². The first-order valence-electron chi connectivity index (χ1n) is 8.65. The molecule has 6 heteroatoms. The highest BCUT2D eigenvalue weighted by Crippen LogP contribution is 2.20. The molecule has 6 nitrogen and oxygen atoms in total. The van der Waals surface area contributed by atoms with Gasteiger partial charge >= 0.3 is 0 Å². The summed E-state index contributed by atoms with van der Waals surface area (Å²) in [7, 11) is 0.